The van der Waals surface area contributed by atoms with Crippen LogP contribution in [0, 0.1) is 11.3 Å². The van der Waals surface area contributed by atoms with Gasteiger partial charge in [0.1, 0.15) is 17.6 Å². The Morgan fingerprint density at radius 2 is 2.04 bits per heavy atom. The molecular weight excluding hydrogens is 333 g/mol. The van der Waals surface area contributed by atoms with Gasteiger partial charge >= 0.3 is 6.18 Å². The maximum atomic E-state index is 13.0. The molecule has 0 spiro atoms. The first kappa shape index (κ1) is 17.0. The Morgan fingerprint density at radius 3 is 2.72 bits per heavy atom. The number of nitriles is 1. The van der Waals surface area contributed by atoms with Crippen molar-refractivity contribution in [1.82, 2.24) is 15.0 Å². The number of piperidine rings is 1. The third-order valence-electron chi connectivity index (χ3n) is 4.12. The molecule has 3 heterocycles. The van der Waals surface area contributed by atoms with Crippen molar-refractivity contribution in [2.75, 3.05) is 23.7 Å². The largest absolute Gasteiger partial charge is 0.433 e. The van der Waals surface area contributed by atoms with Gasteiger partial charge in [-0.05, 0) is 31.0 Å². The van der Waals surface area contributed by atoms with Gasteiger partial charge in [-0.2, -0.15) is 18.4 Å². The first-order chi connectivity index (χ1) is 11.9. The molecule has 0 amide bonds. The van der Waals surface area contributed by atoms with E-state index in [1.54, 1.807) is 17.2 Å². The summed E-state index contributed by atoms with van der Waals surface area (Å²) in [6, 6.07) is 5.66. The minimum atomic E-state index is -4.56. The Kier molecular flexibility index (Phi) is 4.44. The van der Waals surface area contributed by atoms with Crippen LogP contribution in [0.5, 0.6) is 0 Å². The fraction of sp³-hybridized carbons (Fsp3) is 0.375. The van der Waals surface area contributed by atoms with Crippen molar-refractivity contribution in [3.8, 4) is 6.07 Å². The summed E-state index contributed by atoms with van der Waals surface area (Å²) in [5, 5.41) is 9.23. The normalized spacial score (nSPS) is 18.0. The Labute approximate surface area is 142 Å². The van der Waals surface area contributed by atoms with Gasteiger partial charge in [0.05, 0.1) is 11.3 Å². The van der Waals surface area contributed by atoms with Crippen LogP contribution in [0.3, 0.4) is 0 Å². The van der Waals surface area contributed by atoms with E-state index < -0.39 is 11.9 Å². The average Bonchev–Trinajstić information content (AvgIpc) is 2.60. The van der Waals surface area contributed by atoms with Crippen LogP contribution < -0.4 is 10.6 Å². The van der Waals surface area contributed by atoms with E-state index in [1.165, 1.54) is 0 Å². The first-order valence-electron chi connectivity index (χ1n) is 7.70. The van der Waals surface area contributed by atoms with Crippen LogP contribution in [-0.2, 0) is 6.18 Å². The van der Waals surface area contributed by atoms with Crippen molar-refractivity contribution in [2.45, 2.75) is 24.9 Å². The second-order valence-electron chi connectivity index (χ2n) is 5.80. The fourth-order valence-corrected chi connectivity index (χ4v) is 2.96. The standard InChI is InChI=1S/C16H15F3N6/c17-16(18,19)13-4-3-10(8-20)14(24-13)25-7-1-2-11(9-25)12-5-6-22-15(21)23-12/h3-6,11H,1-2,7,9H2,(H2,21,22,23)/t11-/m0/s1. The summed E-state index contributed by atoms with van der Waals surface area (Å²) in [6.45, 7) is 0.944. The lowest BCUT2D eigenvalue weighted by Gasteiger charge is -2.34. The Bertz CT molecular complexity index is 814. The van der Waals surface area contributed by atoms with Crippen molar-refractivity contribution in [3.63, 3.8) is 0 Å². The van der Waals surface area contributed by atoms with Crippen molar-refractivity contribution >= 4 is 11.8 Å². The number of hydrogen-bond acceptors (Lipinski definition) is 6. The molecule has 1 atom stereocenters. The van der Waals surface area contributed by atoms with Gasteiger partial charge < -0.3 is 10.6 Å². The van der Waals surface area contributed by atoms with Crippen LogP contribution in [0.25, 0.3) is 0 Å². The predicted octanol–water partition coefficient (Wildman–Crippen LogP) is 2.73. The molecule has 2 aromatic rings. The molecule has 0 aliphatic carbocycles. The van der Waals surface area contributed by atoms with Crippen LogP contribution in [0.1, 0.15) is 35.7 Å². The summed E-state index contributed by atoms with van der Waals surface area (Å²) in [5.41, 5.74) is 5.46. The van der Waals surface area contributed by atoms with Crippen LogP contribution >= 0.6 is 0 Å². The molecule has 0 unspecified atom stereocenters. The Balaban J connectivity index is 1.92. The molecule has 0 bridgehead atoms. The quantitative estimate of drug-likeness (QED) is 0.897. The van der Waals surface area contributed by atoms with Crippen molar-refractivity contribution < 1.29 is 13.2 Å². The zero-order valence-electron chi connectivity index (χ0n) is 13.2. The van der Waals surface area contributed by atoms with Gasteiger partial charge in [0.15, 0.2) is 0 Å². The molecule has 6 nitrogen and oxygen atoms in total. The van der Waals surface area contributed by atoms with E-state index in [1.807, 2.05) is 6.07 Å². The Hall–Kier alpha value is -2.89. The van der Waals surface area contributed by atoms with Crippen LogP contribution in [0.2, 0.25) is 0 Å². The zero-order valence-corrected chi connectivity index (χ0v) is 13.2. The second-order valence-corrected chi connectivity index (χ2v) is 5.80. The third kappa shape index (κ3) is 3.63. The number of nitrogens with two attached hydrogens (primary N) is 1. The highest BCUT2D eigenvalue weighted by atomic mass is 19.4. The number of halogens is 3. The number of hydrogen-bond donors (Lipinski definition) is 1. The van der Waals surface area contributed by atoms with Gasteiger partial charge in [-0.15, -0.1) is 0 Å². The van der Waals surface area contributed by atoms with Gasteiger partial charge in [-0.1, -0.05) is 0 Å². The SMILES string of the molecule is N#Cc1ccc(C(F)(F)F)nc1N1CCC[C@H](c2ccnc(N)n2)C1. The molecular formula is C16H15F3N6. The molecule has 0 saturated carbocycles. The van der Waals surface area contributed by atoms with Gasteiger partial charge in [0.25, 0.3) is 0 Å². The van der Waals surface area contributed by atoms with Crippen LogP contribution in [0.15, 0.2) is 24.4 Å². The maximum absolute atomic E-state index is 13.0. The van der Waals surface area contributed by atoms with E-state index in [0.717, 1.165) is 30.7 Å². The molecule has 25 heavy (non-hydrogen) atoms. The highest BCUT2D eigenvalue weighted by molar-refractivity contribution is 5.55. The number of aromatic nitrogens is 3. The van der Waals surface area contributed by atoms with Crippen LogP contribution in [0.4, 0.5) is 24.9 Å². The molecule has 1 saturated heterocycles. The lowest BCUT2D eigenvalue weighted by atomic mass is 9.94. The second kappa shape index (κ2) is 6.55. The highest BCUT2D eigenvalue weighted by Gasteiger charge is 2.34. The third-order valence-corrected chi connectivity index (χ3v) is 4.12. The summed E-state index contributed by atoms with van der Waals surface area (Å²) < 4.78 is 38.9. The molecule has 1 aliphatic rings. The van der Waals surface area contributed by atoms with Gasteiger partial charge in [0, 0.05) is 25.2 Å². The van der Waals surface area contributed by atoms with Crippen molar-refractivity contribution in [2.24, 2.45) is 0 Å². The van der Waals surface area contributed by atoms with Gasteiger partial charge in [-0.3, -0.25) is 0 Å². The first-order valence-corrected chi connectivity index (χ1v) is 7.70. The summed E-state index contributed by atoms with van der Waals surface area (Å²) in [7, 11) is 0. The summed E-state index contributed by atoms with van der Waals surface area (Å²) >= 11 is 0. The van der Waals surface area contributed by atoms with E-state index in [2.05, 4.69) is 15.0 Å². The number of rotatable bonds is 2. The van der Waals surface area contributed by atoms with E-state index in [4.69, 9.17) is 5.73 Å². The molecule has 3 rings (SSSR count). The predicted molar refractivity (Wildman–Crippen MR) is 84.6 cm³/mol. The summed E-state index contributed by atoms with van der Waals surface area (Å²) in [4.78, 5) is 13.5. The number of anilines is 2. The van der Waals surface area contributed by atoms with Crippen molar-refractivity contribution in [1.29, 1.82) is 5.26 Å². The monoisotopic (exact) mass is 348 g/mol. The lowest BCUT2D eigenvalue weighted by Crippen LogP contribution is -2.36. The van der Waals surface area contributed by atoms with E-state index in [-0.39, 0.29) is 23.2 Å². The molecule has 0 radical (unpaired) electrons. The minimum Gasteiger partial charge on any atom is -0.368 e. The molecule has 2 N–H and O–H groups in total. The fourth-order valence-electron chi connectivity index (χ4n) is 2.96. The van der Waals surface area contributed by atoms with Crippen molar-refractivity contribution in [3.05, 3.63) is 41.3 Å². The van der Waals surface area contributed by atoms with E-state index in [9.17, 15) is 18.4 Å². The van der Waals surface area contributed by atoms with E-state index in [0.29, 0.717) is 13.1 Å². The molecule has 1 aliphatic heterocycles. The number of pyridine rings is 1. The number of nitrogen functional groups attached to an aromatic ring is 1. The highest BCUT2D eigenvalue weighted by Crippen LogP contribution is 2.33. The minimum absolute atomic E-state index is 0.0121. The summed E-state index contributed by atoms with van der Waals surface area (Å²) in [5.74, 6) is 0.204. The van der Waals surface area contributed by atoms with E-state index >= 15 is 0 Å². The van der Waals surface area contributed by atoms with Crippen LogP contribution in [-0.4, -0.2) is 28.0 Å². The van der Waals surface area contributed by atoms with Gasteiger partial charge in [-0.25, -0.2) is 15.0 Å². The summed E-state index contributed by atoms with van der Waals surface area (Å²) in [6.07, 6.45) is -1.43. The smallest absolute Gasteiger partial charge is 0.368 e. The lowest BCUT2D eigenvalue weighted by molar-refractivity contribution is -0.141. The van der Waals surface area contributed by atoms with Gasteiger partial charge in [0.2, 0.25) is 5.95 Å². The molecule has 9 heteroatoms. The number of alkyl halides is 3. The maximum Gasteiger partial charge on any atom is 0.433 e. The molecule has 1 fully saturated rings. The Morgan fingerprint density at radius 1 is 1.24 bits per heavy atom. The average molecular weight is 348 g/mol. The number of nitrogens with zero attached hydrogens (tertiary/aromatic N) is 5. The molecule has 130 valence electrons. The molecule has 2 aromatic heterocycles. The topological polar surface area (TPSA) is 91.7 Å². The molecule has 0 aromatic carbocycles. The zero-order chi connectivity index (χ0) is 18.0.